The molecule has 0 bridgehead atoms. The van der Waals surface area contributed by atoms with Crippen LogP contribution < -0.4 is 10.2 Å². The predicted molar refractivity (Wildman–Crippen MR) is 56.3 cm³/mol. The van der Waals surface area contributed by atoms with Crippen LogP contribution in [0.5, 0.6) is 0 Å². The summed E-state index contributed by atoms with van der Waals surface area (Å²) < 4.78 is 0. The third kappa shape index (κ3) is 2.01. The molecule has 76 valence electrons. The molecule has 1 atom stereocenters. The van der Waals surface area contributed by atoms with Gasteiger partial charge in [0.15, 0.2) is 5.82 Å². The molecular weight excluding hydrogens is 176 g/mol. The van der Waals surface area contributed by atoms with Gasteiger partial charge in [0.2, 0.25) is 0 Å². The maximum atomic E-state index is 4.12. The van der Waals surface area contributed by atoms with Gasteiger partial charge < -0.3 is 10.2 Å². The molecule has 0 aliphatic carbocycles. The molecule has 0 unspecified atom stereocenters. The summed E-state index contributed by atoms with van der Waals surface area (Å²) in [6, 6.07) is 4.54. The number of hydrogen-bond acceptors (Lipinski definition) is 4. The van der Waals surface area contributed by atoms with Gasteiger partial charge in [0, 0.05) is 25.3 Å². The lowest BCUT2D eigenvalue weighted by atomic mass is 10.1. The molecule has 1 aromatic rings. The first-order valence-electron chi connectivity index (χ1n) is 5.10. The number of anilines is 1. The summed E-state index contributed by atoms with van der Waals surface area (Å²) in [6.45, 7) is 2.13. The van der Waals surface area contributed by atoms with Gasteiger partial charge in [-0.2, -0.15) is 5.10 Å². The van der Waals surface area contributed by atoms with E-state index < -0.39 is 0 Å². The van der Waals surface area contributed by atoms with Crippen LogP contribution in [0.2, 0.25) is 0 Å². The second kappa shape index (κ2) is 4.37. The van der Waals surface area contributed by atoms with Gasteiger partial charge >= 0.3 is 0 Å². The minimum Gasteiger partial charge on any atom is -0.354 e. The Morgan fingerprint density at radius 2 is 2.50 bits per heavy atom. The highest BCUT2D eigenvalue weighted by Crippen LogP contribution is 2.16. The minimum absolute atomic E-state index is 0.589. The first-order chi connectivity index (χ1) is 6.90. The molecule has 1 fully saturated rings. The highest BCUT2D eigenvalue weighted by Gasteiger charge is 2.19. The summed E-state index contributed by atoms with van der Waals surface area (Å²) in [5.41, 5.74) is 0. The molecule has 14 heavy (non-hydrogen) atoms. The molecule has 0 aromatic carbocycles. The van der Waals surface area contributed by atoms with Crippen LogP contribution in [-0.2, 0) is 0 Å². The van der Waals surface area contributed by atoms with Crippen LogP contribution >= 0.6 is 0 Å². The molecule has 1 N–H and O–H groups in total. The molecule has 0 amide bonds. The molecule has 2 heterocycles. The highest BCUT2D eigenvalue weighted by atomic mass is 15.3. The third-order valence-electron chi connectivity index (χ3n) is 2.71. The van der Waals surface area contributed by atoms with Gasteiger partial charge in [-0.3, -0.25) is 0 Å². The van der Waals surface area contributed by atoms with Crippen LogP contribution in [0.4, 0.5) is 5.82 Å². The number of piperidine rings is 1. The summed E-state index contributed by atoms with van der Waals surface area (Å²) in [6.07, 6.45) is 4.19. The van der Waals surface area contributed by atoms with Crippen molar-refractivity contribution >= 4 is 5.82 Å². The van der Waals surface area contributed by atoms with Gasteiger partial charge in [-0.25, -0.2) is 0 Å². The number of rotatable bonds is 2. The van der Waals surface area contributed by atoms with Crippen LogP contribution in [0, 0.1) is 0 Å². The lowest BCUT2D eigenvalue weighted by molar-refractivity contribution is 0.447. The van der Waals surface area contributed by atoms with Crippen molar-refractivity contribution in [2.24, 2.45) is 0 Å². The Morgan fingerprint density at radius 3 is 3.21 bits per heavy atom. The number of nitrogens with zero attached hydrogens (tertiary/aromatic N) is 3. The zero-order valence-electron chi connectivity index (χ0n) is 8.48. The molecule has 1 aromatic heterocycles. The van der Waals surface area contributed by atoms with Crippen molar-refractivity contribution in [2.75, 3.05) is 25.0 Å². The molecule has 1 aliphatic heterocycles. The number of nitrogens with one attached hydrogen (secondary N) is 1. The van der Waals surface area contributed by atoms with Gasteiger partial charge in [0.05, 0.1) is 0 Å². The second-order valence-electron chi connectivity index (χ2n) is 3.66. The molecule has 0 radical (unpaired) electrons. The van der Waals surface area contributed by atoms with Gasteiger partial charge in [-0.1, -0.05) is 0 Å². The van der Waals surface area contributed by atoms with E-state index in [-0.39, 0.29) is 0 Å². The quantitative estimate of drug-likeness (QED) is 0.747. The van der Waals surface area contributed by atoms with Gasteiger partial charge in [-0.15, -0.1) is 5.10 Å². The zero-order chi connectivity index (χ0) is 9.80. The molecule has 4 heteroatoms. The maximum absolute atomic E-state index is 4.12. The monoisotopic (exact) mass is 192 g/mol. The topological polar surface area (TPSA) is 41.0 Å². The fourth-order valence-corrected chi connectivity index (χ4v) is 1.88. The van der Waals surface area contributed by atoms with E-state index in [0.29, 0.717) is 6.04 Å². The molecule has 0 spiro atoms. The molecule has 4 nitrogen and oxygen atoms in total. The summed E-state index contributed by atoms with van der Waals surface area (Å²) in [5, 5.41) is 11.3. The molecule has 2 rings (SSSR count). The van der Waals surface area contributed by atoms with Crippen molar-refractivity contribution in [2.45, 2.75) is 18.9 Å². The molecule has 1 aliphatic rings. The van der Waals surface area contributed by atoms with Crippen molar-refractivity contribution < 1.29 is 0 Å². The summed E-state index contributed by atoms with van der Waals surface area (Å²) in [4.78, 5) is 2.29. The second-order valence-corrected chi connectivity index (χ2v) is 3.66. The number of aromatic nitrogens is 2. The van der Waals surface area contributed by atoms with Crippen LogP contribution in [0.25, 0.3) is 0 Å². The normalized spacial score (nSPS) is 22.4. The lowest BCUT2D eigenvalue weighted by Gasteiger charge is -2.32. The van der Waals surface area contributed by atoms with Gasteiger partial charge in [0.1, 0.15) is 0 Å². The Bertz CT molecular complexity index is 275. The Hall–Kier alpha value is -1.16. The van der Waals surface area contributed by atoms with E-state index >= 15 is 0 Å². The fourth-order valence-electron chi connectivity index (χ4n) is 1.88. The maximum Gasteiger partial charge on any atom is 0.151 e. The van der Waals surface area contributed by atoms with Crippen molar-refractivity contribution in [1.29, 1.82) is 0 Å². The Morgan fingerprint density at radius 1 is 1.57 bits per heavy atom. The zero-order valence-corrected chi connectivity index (χ0v) is 8.48. The van der Waals surface area contributed by atoms with Crippen molar-refractivity contribution in [1.82, 2.24) is 15.5 Å². The van der Waals surface area contributed by atoms with Gasteiger partial charge in [-0.05, 0) is 32.0 Å². The summed E-state index contributed by atoms with van der Waals surface area (Å²) in [7, 11) is 2.02. The average Bonchev–Trinajstić information content (AvgIpc) is 2.30. The number of likely N-dealkylation sites (N-methyl/N-ethyl adjacent to an activating group) is 1. The summed E-state index contributed by atoms with van der Waals surface area (Å²) >= 11 is 0. The molecule has 0 saturated carbocycles. The van der Waals surface area contributed by atoms with E-state index in [4.69, 9.17) is 0 Å². The van der Waals surface area contributed by atoms with Crippen LogP contribution in [-0.4, -0.2) is 36.4 Å². The first-order valence-corrected chi connectivity index (χ1v) is 5.10. The summed E-state index contributed by atoms with van der Waals surface area (Å²) in [5.74, 6) is 0.993. The van der Waals surface area contributed by atoms with Crippen LogP contribution in [0.1, 0.15) is 12.8 Å². The smallest absolute Gasteiger partial charge is 0.151 e. The Balaban J connectivity index is 2.04. The van der Waals surface area contributed by atoms with Crippen molar-refractivity contribution in [3.63, 3.8) is 0 Å². The molecule has 1 saturated heterocycles. The van der Waals surface area contributed by atoms with E-state index in [1.165, 1.54) is 12.8 Å². The SMILES string of the molecule is CN[C@H]1CCCN(c2cccnn2)C1. The minimum atomic E-state index is 0.589. The Labute approximate surface area is 84.3 Å². The Kier molecular flexibility index (Phi) is 2.93. The van der Waals surface area contributed by atoms with Crippen LogP contribution in [0.15, 0.2) is 18.3 Å². The lowest BCUT2D eigenvalue weighted by Crippen LogP contribution is -2.44. The van der Waals surface area contributed by atoms with Gasteiger partial charge in [0.25, 0.3) is 0 Å². The average molecular weight is 192 g/mol. The van der Waals surface area contributed by atoms with E-state index in [1.54, 1.807) is 6.20 Å². The van der Waals surface area contributed by atoms with Crippen molar-refractivity contribution in [3.8, 4) is 0 Å². The van der Waals surface area contributed by atoms with E-state index in [2.05, 4.69) is 20.4 Å². The number of hydrogen-bond donors (Lipinski definition) is 1. The first kappa shape index (κ1) is 9.40. The third-order valence-corrected chi connectivity index (χ3v) is 2.71. The predicted octanol–water partition coefficient (Wildman–Crippen LogP) is 0.665. The molecular formula is C10H16N4. The van der Waals surface area contributed by atoms with E-state index in [9.17, 15) is 0 Å². The largest absolute Gasteiger partial charge is 0.354 e. The fraction of sp³-hybridized carbons (Fsp3) is 0.600. The standard InChI is InChI=1S/C10H16N4/c1-11-9-4-3-7-14(8-9)10-5-2-6-12-13-10/h2,5-6,9,11H,3-4,7-8H2,1H3/t9-/m0/s1. The van der Waals surface area contributed by atoms with E-state index in [1.807, 2.05) is 19.2 Å². The van der Waals surface area contributed by atoms with Crippen LogP contribution in [0.3, 0.4) is 0 Å². The van der Waals surface area contributed by atoms with Crippen molar-refractivity contribution in [3.05, 3.63) is 18.3 Å². The van der Waals surface area contributed by atoms with E-state index in [0.717, 1.165) is 18.9 Å². The highest BCUT2D eigenvalue weighted by molar-refractivity contribution is 5.37.